The van der Waals surface area contributed by atoms with Gasteiger partial charge in [-0.15, -0.1) is 0 Å². The summed E-state index contributed by atoms with van der Waals surface area (Å²) in [7, 11) is 0. The third-order valence-corrected chi connectivity index (χ3v) is 1.75. The third-order valence-electron chi connectivity index (χ3n) is 1.39. The summed E-state index contributed by atoms with van der Waals surface area (Å²) in [4.78, 5) is 0. The number of thioether (sulfide) groups is 1. The number of H-pyrrole nitrogens is 1. The van der Waals surface area contributed by atoms with E-state index in [2.05, 4.69) is 10.2 Å². The predicted octanol–water partition coefficient (Wildman–Crippen LogP) is 1.58. The number of nitrogens with one attached hydrogen (secondary N) is 1. The van der Waals surface area contributed by atoms with Gasteiger partial charge in [-0.3, -0.25) is 5.10 Å². The van der Waals surface area contributed by atoms with Gasteiger partial charge in [0.25, 0.3) is 0 Å². The van der Waals surface area contributed by atoms with E-state index >= 15 is 0 Å². The van der Waals surface area contributed by atoms with E-state index < -0.39 is 0 Å². The highest BCUT2D eigenvalue weighted by molar-refractivity contribution is 8.03. The second-order valence-electron chi connectivity index (χ2n) is 2.26. The molecule has 0 spiro atoms. The number of aromatic nitrogens is 2. The number of rotatable bonds is 3. The number of ether oxygens (including phenoxy) is 1. The lowest BCUT2D eigenvalue weighted by Gasteiger charge is -2.01. The fourth-order valence-electron chi connectivity index (χ4n) is 0.868. The van der Waals surface area contributed by atoms with Gasteiger partial charge in [-0.1, -0.05) is 0 Å². The van der Waals surface area contributed by atoms with Crippen molar-refractivity contribution in [2.75, 3.05) is 5.94 Å². The lowest BCUT2D eigenvalue weighted by Crippen LogP contribution is -1.93. The van der Waals surface area contributed by atoms with Gasteiger partial charge in [0.2, 0.25) is 0 Å². The van der Waals surface area contributed by atoms with Crippen LogP contribution in [0, 0.1) is 24.5 Å². The normalized spacial score (nSPS) is 9.42. The standard InChI is InChI=1S/C7H9N3OS/c1-5-7(6(2)10-9-5)11-4-12-3-8/h4H2,1-2H3,(H,9,10). The van der Waals surface area contributed by atoms with E-state index in [0.717, 1.165) is 28.9 Å². The van der Waals surface area contributed by atoms with Gasteiger partial charge < -0.3 is 4.74 Å². The zero-order chi connectivity index (χ0) is 8.97. The first-order chi connectivity index (χ1) is 5.75. The van der Waals surface area contributed by atoms with Crippen molar-refractivity contribution in [2.45, 2.75) is 13.8 Å². The van der Waals surface area contributed by atoms with Crippen molar-refractivity contribution < 1.29 is 4.74 Å². The Morgan fingerprint density at radius 3 is 2.92 bits per heavy atom. The summed E-state index contributed by atoms with van der Waals surface area (Å²) >= 11 is 1.07. The molecule has 5 heteroatoms. The Bertz CT molecular complexity index is 283. The molecule has 0 unspecified atom stereocenters. The molecule has 12 heavy (non-hydrogen) atoms. The van der Waals surface area contributed by atoms with Crippen LogP contribution in [-0.2, 0) is 0 Å². The average molecular weight is 183 g/mol. The molecule has 4 nitrogen and oxygen atoms in total. The van der Waals surface area contributed by atoms with Crippen LogP contribution in [-0.4, -0.2) is 16.1 Å². The summed E-state index contributed by atoms with van der Waals surface area (Å²) in [5, 5.41) is 16.9. The molecular weight excluding hydrogens is 174 g/mol. The van der Waals surface area contributed by atoms with E-state index in [9.17, 15) is 0 Å². The van der Waals surface area contributed by atoms with E-state index in [1.165, 1.54) is 0 Å². The monoisotopic (exact) mass is 183 g/mol. The van der Waals surface area contributed by atoms with Gasteiger partial charge in [0.05, 0.1) is 5.69 Å². The van der Waals surface area contributed by atoms with Crippen molar-refractivity contribution in [3.05, 3.63) is 11.4 Å². The molecule has 1 rings (SSSR count). The number of nitrogens with zero attached hydrogens (tertiary/aromatic N) is 2. The molecule has 0 atom stereocenters. The molecular formula is C7H9N3OS. The van der Waals surface area contributed by atoms with Crippen LogP contribution in [0.2, 0.25) is 0 Å². The first kappa shape index (κ1) is 8.94. The van der Waals surface area contributed by atoms with E-state index in [0.29, 0.717) is 5.94 Å². The van der Waals surface area contributed by atoms with Crippen molar-refractivity contribution in [3.8, 4) is 11.2 Å². The maximum absolute atomic E-state index is 8.24. The third kappa shape index (κ3) is 1.92. The largest absolute Gasteiger partial charge is 0.478 e. The van der Waals surface area contributed by atoms with Gasteiger partial charge in [-0.05, 0) is 25.6 Å². The minimum Gasteiger partial charge on any atom is -0.478 e. The summed E-state index contributed by atoms with van der Waals surface area (Å²) in [6, 6.07) is 0. The number of aromatic amines is 1. The number of thiocyanates is 1. The number of aryl methyl sites for hydroxylation is 2. The molecule has 64 valence electrons. The molecule has 0 amide bonds. The molecule has 0 saturated carbocycles. The Hall–Kier alpha value is -1.15. The van der Waals surface area contributed by atoms with Gasteiger partial charge in [0.1, 0.15) is 17.0 Å². The highest BCUT2D eigenvalue weighted by atomic mass is 32.2. The minimum atomic E-state index is 0.345. The average Bonchev–Trinajstić information content (AvgIpc) is 2.35. The van der Waals surface area contributed by atoms with Crippen LogP contribution in [0.3, 0.4) is 0 Å². The number of hydrogen-bond acceptors (Lipinski definition) is 4. The lowest BCUT2D eigenvalue weighted by atomic mass is 10.4. The molecule has 0 radical (unpaired) electrons. The van der Waals surface area contributed by atoms with Gasteiger partial charge in [0, 0.05) is 0 Å². The topological polar surface area (TPSA) is 61.7 Å². The van der Waals surface area contributed by atoms with Crippen LogP contribution < -0.4 is 4.74 Å². The summed E-state index contributed by atoms with van der Waals surface area (Å²) < 4.78 is 5.29. The molecule has 0 fully saturated rings. The maximum atomic E-state index is 8.24. The van der Waals surface area contributed by atoms with E-state index in [1.807, 2.05) is 19.2 Å². The highest BCUT2D eigenvalue weighted by Gasteiger charge is 2.06. The van der Waals surface area contributed by atoms with E-state index in [1.54, 1.807) is 0 Å². The Morgan fingerprint density at radius 2 is 2.42 bits per heavy atom. The molecule has 1 aromatic rings. The molecule has 1 N–H and O–H groups in total. The van der Waals surface area contributed by atoms with Gasteiger partial charge in [-0.2, -0.15) is 10.4 Å². The van der Waals surface area contributed by atoms with Crippen LogP contribution in [0.15, 0.2) is 0 Å². The summed E-state index contributed by atoms with van der Waals surface area (Å²) in [5.41, 5.74) is 1.72. The second kappa shape index (κ2) is 4.02. The Balaban J connectivity index is 2.57. The molecule has 0 bridgehead atoms. The SMILES string of the molecule is Cc1n[nH]c(C)c1OCSC#N. The second-order valence-corrected chi connectivity index (χ2v) is 2.97. The van der Waals surface area contributed by atoms with E-state index in [-0.39, 0.29) is 0 Å². The first-order valence-corrected chi connectivity index (χ1v) is 4.39. The Kier molecular flexibility index (Phi) is 3.00. The van der Waals surface area contributed by atoms with Crippen molar-refractivity contribution in [2.24, 2.45) is 0 Å². The van der Waals surface area contributed by atoms with Crippen LogP contribution in [0.1, 0.15) is 11.4 Å². The zero-order valence-corrected chi connectivity index (χ0v) is 7.73. The first-order valence-electron chi connectivity index (χ1n) is 3.41. The summed E-state index contributed by atoms with van der Waals surface area (Å²) in [6.45, 7) is 3.74. The van der Waals surface area contributed by atoms with Crippen LogP contribution in [0.5, 0.6) is 5.75 Å². The van der Waals surface area contributed by atoms with E-state index in [4.69, 9.17) is 10.00 Å². The number of nitriles is 1. The molecule has 0 aliphatic heterocycles. The predicted molar refractivity (Wildman–Crippen MR) is 46.8 cm³/mol. The van der Waals surface area contributed by atoms with Crippen molar-refractivity contribution in [1.82, 2.24) is 10.2 Å². The minimum absolute atomic E-state index is 0.345. The Labute approximate surface area is 74.9 Å². The van der Waals surface area contributed by atoms with Crippen LogP contribution in [0.4, 0.5) is 0 Å². The van der Waals surface area contributed by atoms with Gasteiger partial charge >= 0.3 is 0 Å². The smallest absolute Gasteiger partial charge is 0.164 e. The zero-order valence-electron chi connectivity index (χ0n) is 6.92. The van der Waals surface area contributed by atoms with Crippen molar-refractivity contribution in [3.63, 3.8) is 0 Å². The molecule has 0 aromatic carbocycles. The molecule has 0 aliphatic carbocycles. The maximum Gasteiger partial charge on any atom is 0.164 e. The number of hydrogen-bond donors (Lipinski definition) is 1. The summed E-state index contributed by atoms with van der Waals surface area (Å²) in [6.07, 6.45) is 0. The summed E-state index contributed by atoms with van der Waals surface area (Å²) in [5.74, 6) is 1.09. The van der Waals surface area contributed by atoms with Crippen LogP contribution in [0.25, 0.3) is 0 Å². The molecule has 1 aromatic heterocycles. The molecule has 1 heterocycles. The highest BCUT2D eigenvalue weighted by Crippen LogP contribution is 2.20. The lowest BCUT2D eigenvalue weighted by molar-refractivity contribution is 0.388. The molecule has 0 aliphatic rings. The van der Waals surface area contributed by atoms with Gasteiger partial charge in [-0.25, -0.2) is 0 Å². The Morgan fingerprint density at radius 1 is 1.67 bits per heavy atom. The van der Waals surface area contributed by atoms with Crippen molar-refractivity contribution >= 4 is 11.8 Å². The molecule has 0 saturated heterocycles. The van der Waals surface area contributed by atoms with Crippen molar-refractivity contribution in [1.29, 1.82) is 5.26 Å². The fourth-order valence-corrected chi connectivity index (χ4v) is 1.10. The van der Waals surface area contributed by atoms with Crippen LogP contribution >= 0.6 is 11.8 Å². The fraction of sp³-hybridized carbons (Fsp3) is 0.429. The van der Waals surface area contributed by atoms with Gasteiger partial charge in [0.15, 0.2) is 5.75 Å². The quantitative estimate of drug-likeness (QED) is 0.439.